The molecule has 148 valence electrons. The Kier molecular flexibility index (Phi) is 26.2. The van der Waals surface area contributed by atoms with Crippen molar-refractivity contribution in [3.63, 3.8) is 0 Å². The Hall–Kier alpha value is -1.13. The molecule has 0 amide bonds. The highest BCUT2D eigenvalue weighted by atomic mass is 32.2. The summed E-state index contributed by atoms with van der Waals surface area (Å²) in [5.74, 6) is 0.838. The average molecular weight is 371 g/mol. The maximum Gasteiger partial charge on any atom is 0.148 e. The topological polar surface area (TPSA) is 51.0 Å². The molecule has 0 unspecified atom stereocenters. The molecular weight excluding hydrogens is 328 g/mol. The lowest BCUT2D eigenvalue weighted by Crippen LogP contribution is -1.89. The fraction of sp³-hybridized carbons (Fsp3) is 0.619. The fourth-order valence-electron chi connectivity index (χ4n) is 1.81. The van der Waals surface area contributed by atoms with Crippen molar-refractivity contribution in [3.05, 3.63) is 30.0 Å². The second-order valence-corrected chi connectivity index (χ2v) is 4.78. The van der Waals surface area contributed by atoms with Crippen LogP contribution in [0.25, 0.3) is 10.9 Å². The highest BCUT2D eigenvalue weighted by Crippen LogP contribution is 2.30. The monoisotopic (exact) mass is 370 g/mol. The molecule has 2 aromatic rings. The average Bonchev–Trinajstić information content (AvgIpc) is 3.11. The van der Waals surface area contributed by atoms with Crippen LogP contribution in [0.1, 0.15) is 87.1 Å². The summed E-state index contributed by atoms with van der Waals surface area (Å²) >= 11 is 0.886. The minimum absolute atomic E-state index is 0.838. The second kappa shape index (κ2) is 22.9. The lowest BCUT2D eigenvalue weighted by Gasteiger charge is -2.04. The van der Waals surface area contributed by atoms with E-state index in [1.807, 2.05) is 65.9 Å². The summed E-state index contributed by atoms with van der Waals surface area (Å²) in [4.78, 5) is 3.24. The number of aromatic nitrogens is 1. The SMILES string of the molecule is CC.CC.CC.CCCC.CCCc1c[nH]c2cccc(OSN)c12. The Labute approximate surface area is 161 Å². The molecule has 0 spiro atoms. The molecule has 3 N–H and O–H groups in total. The van der Waals surface area contributed by atoms with Crippen molar-refractivity contribution in [1.82, 2.24) is 4.98 Å². The summed E-state index contributed by atoms with van der Waals surface area (Å²) in [6, 6.07) is 5.94. The largest absolute Gasteiger partial charge is 0.409 e. The summed E-state index contributed by atoms with van der Waals surface area (Å²) in [6.07, 6.45) is 6.86. The van der Waals surface area contributed by atoms with Crippen molar-refractivity contribution in [2.75, 3.05) is 0 Å². The van der Waals surface area contributed by atoms with Gasteiger partial charge in [0.1, 0.15) is 18.0 Å². The van der Waals surface area contributed by atoms with Gasteiger partial charge in [0.2, 0.25) is 0 Å². The molecule has 4 heteroatoms. The molecule has 1 aromatic carbocycles. The predicted octanol–water partition coefficient (Wildman–Crippen LogP) is 7.91. The Morgan fingerprint density at radius 2 is 1.48 bits per heavy atom. The minimum Gasteiger partial charge on any atom is -0.409 e. The number of nitrogens with two attached hydrogens (primary N) is 1. The summed E-state index contributed by atoms with van der Waals surface area (Å²) in [5, 5.41) is 6.48. The summed E-state index contributed by atoms with van der Waals surface area (Å²) in [5.41, 5.74) is 2.39. The van der Waals surface area contributed by atoms with Crippen molar-refractivity contribution < 1.29 is 4.18 Å². The molecule has 0 saturated carbocycles. The van der Waals surface area contributed by atoms with E-state index < -0.39 is 0 Å². The molecule has 0 atom stereocenters. The van der Waals surface area contributed by atoms with E-state index in [2.05, 4.69) is 25.8 Å². The highest BCUT2D eigenvalue weighted by Gasteiger charge is 2.08. The third-order valence-electron chi connectivity index (χ3n) is 2.91. The maximum absolute atomic E-state index is 5.34. The summed E-state index contributed by atoms with van der Waals surface area (Å²) in [6.45, 7) is 18.5. The van der Waals surface area contributed by atoms with Crippen molar-refractivity contribution in [2.24, 2.45) is 5.14 Å². The van der Waals surface area contributed by atoms with Gasteiger partial charge in [-0.3, -0.25) is 0 Å². The summed E-state index contributed by atoms with van der Waals surface area (Å²) in [7, 11) is 0. The first-order valence-electron chi connectivity index (χ1n) is 9.90. The van der Waals surface area contributed by atoms with Gasteiger partial charge >= 0.3 is 0 Å². The molecule has 0 fully saturated rings. The molecule has 1 heterocycles. The third-order valence-corrected chi connectivity index (χ3v) is 3.18. The first kappa shape index (κ1) is 28.7. The van der Waals surface area contributed by atoms with Gasteiger partial charge in [-0.1, -0.05) is 87.6 Å². The number of nitrogens with one attached hydrogen (secondary N) is 1. The molecule has 3 nitrogen and oxygen atoms in total. The summed E-state index contributed by atoms with van der Waals surface area (Å²) < 4.78 is 5.34. The van der Waals surface area contributed by atoms with Crippen LogP contribution < -0.4 is 9.32 Å². The van der Waals surface area contributed by atoms with Crippen LogP contribution in [0.2, 0.25) is 0 Å². The smallest absolute Gasteiger partial charge is 0.148 e. The molecule has 0 aliphatic rings. The van der Waals surface area contributed by atoms with Crippen LogP contribution in [0.15, 0.2) is 24.4 Å². The number of benzene rings is 1. The third kappa shape index (κ3) is 12.0. The number of aryl methyl sites for hydroxylation is 1. The molecule has 0 radical (unpaired) electrons. The Bertz CT molecular complexity index is 482. The minimum atomic E-state index is 0.838. The zero-order chi connectivity index (χ0) is 20.1. The molecule has 0 aliphatic carbocycles. The molecule has 1 aromatic heterocycles. The van der Waals surface area contributed by atoms with Crippen molar-refractivity contribution >= 4 is 23.1 Å². The highest BCUT2D eigenvalue weighted by molar-refractivity contribution is 7.92. The van der Waals surface area contributed by atoms with E-state index >= 15 is 0 Å². The van der Waals surface area contributed by atoms with E-state index in [0.717, 1.165) is 41.7 Å². The molecule has 2 rings (SSSR count). The Balaban J connectivity index is -0.000000412. The fourth-order valence-corrected chi connectivity index (χ4v) is 2.05. The molecular formula is C21H42N2OS. The molecule has 0 bridgehead atoms. The number of unbranched alkanes of at least 4 members (excludes halogenated alkanes) is 1. The van der Waals surface area contributed by atoms with E-state index in [4.69, 9.17) is 9.32 Å². The second-order valence-electron chi connectivity index (χ2n) is 4.42. The predicted molar refractivity (Wildman–Crippen MR) is 119 cm³/mol. The Morgan fingerprint density at radius 3 is 1.92 bits per heavy atom. The van der Waals surface area contributed by atoms with Gasteiger partial charge in [0.25, 0.3) is 0 Å². The van der Waals surface area contributed by atoms with E-state index in [9.17, 15) is 0 Å². The van der Waals surface area contributed by atoms with Crippen LogP contribution in [0.3, 0.4) is 0 Å². The van der Waals surface area contributed by atoms with Crippen molar-refractivity contribution in [1.29, 1.82) is 0 Å². The van der Waals surface area contributed by atoms with Gasteiger partial charge in [0, 0.05) is 17.1 Å². The van der Waals surface area contributed by atoms with Crippen LogP contribution in [0.5, 0.6) is 5.75 Å². The van der Waals surface area contributed by atoms with E-state index in [0.29, 0.717) is 0 Å². The zero-order valence-electron chi connectivity index (χ0n) is 18.0. The lowest BCUT2D eigenvalue weighted by molar-refractivity contribution is 0.654. The van der Waals surface area contributed by atoms with Gasteiger partial charge in [-0.05, 0) is 24.1 Å². The number of rotatable bonds is 5. The molecule has 25 heavy (non-hydrogen) atoms. The van der Waals surface area contributed by atoms with Crippen LogP contribution >= 0.6 is 12.2 Å². The van der Waals surface area contributed by atoms with Crippen LogP contribution in [0.4, 0.5) is 0 Å². The van der Waals surface area contributed by atoms with Gasteiger partial charge in [0.15, 0.2) is 0 Å². The first-order chi connectivity index (χ1) is 12.3. The lowest BCUT2D eigenvalue weighted by atomic mass is 10.1. The number of fused-ring (bicyclic) bond motifs is 1. The van der Waals surface area contributed by atoms with Gasteiger partial charge in [-0.25, -0.2) is 5.14 Å². The normalized spacial score (nSPS) is 8.40. The van der Waals surface area contributed by atoms with E-state index in [1.165, 1.54) is 18.4 Å². The van der Waals surface area contributed by atoms with Crippen LogP contribution in [-0.2, 0) is 6.42 Å². The number of hydrogen-bond acceptors (Lipinski definition) is 3. The quantitative estimate of drug-likeness (QED) is 0.415. The maximum atomic E-state index is 5.34. The first-order valence-corrected chi connectivity index (χ1v) is 10.7. The Morgan fingerprint density at radius 1 is 0.920 bits per heavy atom. The van der Waals surface area contributed by atoms with Crippen molar-refractivity contribution in [3.8, 4) is 5.75 Å². The van der Waals surface area contributed by atoms with Gasteiger partial charge in [-0.2, -0.15) is 0 Å². The molecule has 0 aliphatic heterocycles. The van der Waals surface area contributed by atoms with Gasteiger partial charge in [-0.15, -0.1) is 0 Å². The van der Waals surface area contributed by atoms with Crippen LogP contribution in [0, 0.1) is 0 Å². The number of aromatic amines is 1. The van der Waals surface area contributed by atoms with E-state index in [1.54, 1.807) is 0 Å². The number of hydrogen-bond donors (Lipinski definition) is 2. The number of H-pyrrole nitrogens is 1. The zero-order valence-corrected chi connectivity index (χ0v) is 18.8. The van der Waals surface area contributed by atoms with Gasteiger partial charge < -0.3 is 9.17 Å². The van der Waals surface area contributed by atoms with Crippen LogP contribution in [-0.4, -0.2) is 4.98 Å². The standard InChI is InChI=1S/C11H14N2OS.C4H10.3C2H6/c1-2-4-8-7-13-9-5-3-6-10(11(8)9)14-15-12;1-3-4-2;3*1-2/h3,5-7,13H,2,4,12H2,1H3;3-4H2,1-2H3;3*1-2H3. The van der Waals surface area contributed by atoms with Crippen molar-refractivity contribution in [2.45, 2.75) is 88.0 Å². The van der Waals surface area contributed by atoms with Gasteiger partial charge in [0.05, 0.1) is 0 Å². The van der Waals surface area contributed by atoms with E-state index in [-0.39, 0.29) is 0 Å². The molecule has 0 saturated heterocycles.